The van der Waals surface area contributed by atoms with Crippen molar-refractivity contribution in [3.8, 4) is 0 Å². The van der Waals surface area contributed by atoms with E-state index in [4.69, 9.17) is 18.9 Å². The van der Waals surface area contributed by atoms with Gasteiger partial charge in [-0.25, -0.2) is 0 Å². The number of hydrogen-bond acceptors (Lipinski definition) is 8. The molecule has 0 saturated carbocycles. The summed E-state index contributed by atoms with van der Waals surface area (Å²) in [6, 6.07) is 0. The van der Waals surface area contributed by atoms with Crippen LogP contribution < -0.4 is 5.11 Å². The van der Waals surface area contributed by atoms with E-state index in [1.165, 1.54) is 6.42 Å². The highest BCUT2D eigenvalue weighted by atomic mass is 16.7. The van der Waals surface area contributed by atoms with E-state index in [-0.39, 0.29) is 32.7 Å². The average molecular weight is 1120 g/mol. The largest absolute Gasteiger partial charge is 0.545 e. The second-order valence-corrected chi connectivity index (χ2v) is 20.5. The first kappa shape index (κ1) is 75.1. The maximum Gasteiger partial charge on any atom is 0.309 e. The van der Waals surface area contributed by atoms with Gasteiger partial charge >= 0.3 is 11.9 Å². The second-order valence-electron chi connectivity index (χ2n) is 20.5. The third-order valence-electron chi connectivity index (χ3n) is 11.9. The summed E-state index contributed by atoms with van der Waals surface area (Å²) in [6.45, 7) is 4.34. The Morgan fingerprint density at radius 2 is 0.704 bits per heavy atom. The molecule has 0 aromatic carbocycles. The van der Waals surface area contributed by atoms with Crippen molar-refractivity contribution in [1.82, 2.24) is 0 Å². The quantitative estimate of drug-likeness (QED) is 0.0195. The van der Waals surface area contributed by atoms with E-state index in [1.807, 2.05) is 33.3 Å². The van der Waals surface area contributed by atoms with Gasteiger partial charge in [-0.1, -0.05) is 240 Å². The predicted molar refractivity (Wildman–Crippen MR) is 342 cm³/mol. The molecule has 0 N–H and O–H groups in total. The number of carbonyl (C=O) groups is 3. The molecule has 0 heterocycles. The molecule has 9 nitrogen and oxygen atoms in total. The van der Waals surface area contributed by atoms with E-state index in [0.717, 1.165) is 135 Å². The Bertz CT molecular complexity index is 2020. The summed E-state index contributed by atoms with van der Waals surface area (Å²) >= 11 is 0. The third-order valence-corrected chi connectivity index (χ3v) is 11.9. The summed E-state index contributed by atoms with van der Waals surface area (Å²) in [5.41, 5.74) is 0. The number of unbranched alkanes of at least 4 members (excludes halogenated alkanes) is 7. The molecule has 81 heavy (non-hydrogen) atoms. The summed E-state index contributed by atoms with van der Waals surface area (Å²) in [5.74, 6) is -2.49. The van der Waals surface area contributed by atoms with Crippen LogP contribution in [0.4, 0.5) is 0 Å². The van der Waals surface area contributed by atoms with Gasteiger partial charge in [-0.15, -0.1) is 0 Å². The van der Waals surface area contributed by atoms with Gasteiger partial charge in [0.15, 0.2) is 12.4 Å². The monoisotopic (exact) mass is 1120 g/mol. The molecule has 0 bridgehead atoms. The van der Waals surface area contributed by atoms with Gasteiger partial charge in [0.05, 0.1) is 46.7 Å². The summed E-state index contributed by atoms with van der Waals surface area (Å²) in [6.07, 6.45) is 91.0. The number of aliphatic carboxylic acids is 1. The molecule has 0 amide bonds. The van der Waals surface area contributed by atoms with E-state index in [1.54, 1.807) is 6.08 Å². The van der Waals surface area contributed by atoms with E-state index < -0.39 is 30.3 Å². The lowest BCUT2D eigenvalue weighted by Gasteiger charge is -2.26. The Morgan fingerprint density at radius 3 is 1.05 bits per heavy atom. The number of carboxylic acid groups (broad SMARTS) is 1. The third kappa shape index (κ3) is 61.6. The second kappa shape index (κ2) is 60.2. The van der Waals surface area contributed by atoms with Gasteiger partial charge < -0.3 is 33.3 Å². The van der Waals surface area contributed by atoms with E-state index >= 15 is 0 Å². The SMILES string of the molecule is CC/C=C\C/C=C\C/C=C\C/C=C\C/C=C\C/C=C\C/C=C\C/C=C\C/C=C\C/C=C\C/C=C\CCCCCCCCCC(=O)OC(COC(=O)C/C=C\C/C=C\C/C=C\C/C=C\C/C=C\CC)COC(OCC[N+](C)(C)C)C(=O)[O-]. The van der Waals surface area contributed by atoms with Gasteiger partial charge in [0, 0.05) is 6.42 Å². The van der Waals surface area contributed by atoms with Crippen molar-refractivity contribution in [2.75, 3.05) is 47.5 Å². The number of esters is 2. The van der Waals surface area contributed by atoms with Gasteiger partial charge in [-0.2, -0.15) is 0 Å². The fourth-order valence-electron chi connectivity index (χ4n) is 7.26. The highest BCUT2D eigenvalue weighted by molar-refractivity contribution is 5.71. The number of rotatable bonds is 53. The van der Waals surface area contributed by atoms with Crippen molar-refractivity contribution in [3.63, 3.8) is 0 Å². The predicted octanol–water partition coefficient (Wildman–Crippen LogP) is 17.3. The highest BCUT2D eigenvalue weighted by Crippen LogP contribution is 2.12. The summed E-state index contributed by atoms with van der Waals surface area (Å²) in [7, 11) is 5.87. The molecule has 0 radical (unpaired) electrons. The Kier molecular flexibility index (Phi) is 55.9. The number of quaternary nitrogens is 1. The molecular formula is C72H109NO8. The van der Waals surface area contributed by atoms with Crippen molar-refractivity contribution < 1.29 is 42.9 Å². The Hall–Kier alpha value is -5.87. The molecule has 0 saturated heterocycles. The number of likely N-dealkylation sites (N-methyl/N-ethyl adjacent to an activating group) is 1. The van der Waals surface area contributed by atoms with Gasteiger partial charge in [0.1, 0.15) is 13.2 Å². The van der Waals surface area contributed by atoms with Gasteiger partial charge in [0.2, 0.25) is 0 Å². The van der Waals surface area contributed by atoms with Crippen LogP contribution in [0.25, 0.3) is 0 Å². The average Bonchev–Trinajstić information content (AvgIpc) is 3.44. The van der Waals surface area contributed by atoms with Gasteiger partial charge in [0.25, 0.3) is 0 Å². The molecule has 2 atom stereocenters. The zero-order chi connectivity index (χ0) is 59.1. The molecule has 0 aliphatic rings. The van der Waals surface area contributed by atoms with Crippen LogP contribution in [0.2, 0.25) is 0 Å². The van der Waals surface area contributed by atoms with Crippen LogP contribution in [0, 0.1) is 0 Å². The minimum Gasteiger partial charge on any atom is -0.545 e. The summed E-state index contributed by atoms with van der Waals surface area (Å²) < 4.78 is 22.5. The Labute approximate surface area is 493 Å². The summed E-state index contributed by atoms with van der Waals surface area (Å²) in [5, 5.41) is 11.8. The van der Waals surface area contributed by atoms with Crippen LogP contribution in [0.3, 0.4) is 0 Å². The molecule has 0 spiro atoms. The first-order valence-corrected chi connectivity index (χ1v) is 30.6. The molecule has 450 valence electrons. The van der Waals surface area contributed by atoms with Crippen LogP contribution in [0.1, 0.15) is 181 Å². The standard InChI is InChI=1S/C72H109NO8/c1-6-8-10-12-14-16-18-20-22-23-24-25-26-27-28-29-30-31-32-33-34-35-36-37-38-39-40-41-42-43-44-45-46-47-49-51-53-55-57-59-61-63-70(75)81-68(67-80-72(71(76)77)78-65-64-73(3,4)5)66-79-69(74)62-60-58-56-54-52-50-48-21-19-17-15-13-11-9-7-2/h8-11,14-17,20-22,24-25,27-28,30-31,33-34,36-37,39-40,42-43,45-46,48,52,54,58,60,68,72H,6-7,12-13,18-19,23,26,29,32,35,38,41,44,47,49-51,53,55-57,59,61-67H2,1-5H3/b10-8-,11-9-,16-14-,17-15-,22-20-,25-24-,28-27-,31-30-,34-33-,37-36-,40-39-,43-42-,46-45-,48-21-,54-52-,60-58-. The van der Waals surface area contributed by atoms with Crippen molar-refractivity contribution in [2.45, 2.75) is 193 Å². The Balaban J connectivity index is 4.27. The maximum absolute atomic E-state index is 12.9. The number of allylic oxidation sites excluding steroid dienone is 31. The minimum absolute atomic E-state index is 0.0462. The van der Waals surface area contributed by atoms with Crippen LogP contribution in [0.5, 0.6) is 0 Å². The molecule has 0 fully saturated rings. The van der Waals surface area contributed by atoms with Crippen LogP contribution in [-0.2, 0) is 33.3 Å². The molecule has 0 aliphatic carbocycles. The van der Waals surface area contributed by atoms with Crippen molar-refractivity contribution in [3.05, 3.63) is 194 Å². The maximum atomic E-state index is 12.9. The van der Waals surface area contributed by atoms with E-state index in [9.17, 15) is 19.5 Å². The topological polar surface area (TPSA) is 111 Å². The first-order chi connectivity index (χ1) is 39.6. The summed E-state index contributed by atoms with van der Waals surface area (Å²) in [4.78, 5) is 37.2. The molecule has 0 aliphatic heterocycles. The van der Waals surface area contributed by atoms with Crippen molar-refractivity contribution >= 4 is 17.9 Å². The minimum atomic E-state index is -1.66. The van der Waals surface area contributed by atoms with Crippen molar-refractivity contribution in [1.29, 1.82) is 0 Å². The lowest BCUT2D eigenvalue weighted by Crippen LogP contribution is -2.44. The first-order valence-electron chi connectivity index (χ1n) is 30.6. The van der Waals surface area contributed by atoms with Crippen LogP contribution >= 0.6 is 0 Å². The highest BCUT2D eigenvalue weighted by Gasteiger charge is 2.21. The lowest BCUT2D eigenvalue weighted by atomic mass is 10.1. The fourth-order valence-corrected chi connectivity index (χ4v) is 7.26. The Morgan fingerprint density at radius 1 is 0.383 bits per heavy atom. The molecule has 9 heteroatoms. The normalized spacial score (nSPS) is 14.1. The zero-order valence-electron chi connectivity index (χ0n) is 51.1. The van der Waals surface area contributed by atoms with Crippen molar-refractivity contribution in [2.24, 2.45) is 0 Å². The number of carboxylic acids is 1. The van der Waals surface area contributed by atoms with Gasteiger partial charge in [-0.3, -0.25) is 9.59 Å². The lowest BCUT2D eigenvalue weighted by molar-refractivity contribution is -0.870. The number of carbonyl (C=O) groups excluding carboxylic acids is 3. The molecule has 0 aromatic heterocycles. The van der Waals surface area contributed by atoms with Gasteiger partial charge in [-0.05, 0) is 122 Å². The fraction of sp³-hybridized carbons (Fsp3) is 0.514. The number of nitrogens with zero attached hydrogens (tertiary/aromatic N) is 1. The zero-order valence-corrected chi connectivity index (χ0v) is 51.1. The van der Waals surface area contributed by atoms with E-state index in [0.29, 0.717) is 23.9 Å². The number of hydrogen-bond donors (Lipinski definition) is 0. The molecular weight excluding hydrogens is 1010 g/mol. The molecule has 2 unspecified atom stereocenters. The smallest absolute Gasteiger partial charge is 0.309 e. The number of ether oxygens (including phenoxy) is 4. The molecule has 0 aromatic rings. The van der Waals surface area contributed by atoms with E-state index in [2.05, 4.69) is 190 Å². The van der Waals surface area contributed by atoms with Crippen LogP contribution in [-0.4, -0.2) is 82.3 Å². The van der Waals surface area contributed by atoms with Crippen LogP contribution in [0.15, 0.2) is 194 Å². The molecule has 0 rings (SSSR count).